The SMILES string of the molecule is CCc1oc(C(=O)N2CCC(C(C)O)C2)cc1C. The fourth-order valence-electron chi connectivity index (χ4n) is 2.50. The minimum atomic E-state index is -0.354. The molecule has 0 aliphatic carbocycles. The predicted molar refractivity (Wildman–Crippen MR) is 68.5 cm³/mol. The van der Waals surface area contributed by atoms with Gasteiger partial charge in [0.1, 0.15) is 5.76 Å². The second kappa shape index (κ2) is 5.14. The van der Waals surface area contributed by atoms with Crippen LogP contribution in [0.1, 0.15) is 42.1 Å². The topological polar surface area (TPSA) is 53.7 Å². The molecule has 2 unspecified atom stereocenters. The number of nitrogens with zero attached hydrogens (tertiary/aromatic N) is 1. The zero-order valence-electron chi connectivity index (χ0n) is 11.3. The van der Waals surface area contributed by atoms with Crippen LogP contribution in [-0.4, -0.2) is 35.1 Å². The minimum Gasteiger partial charge on any atom is -0.456 e. The molecule has 1 aliphatic rings. The molecular weight excluding hydrogens is 230 g/mol. The van der Waals surface area contributed by atoms with Crippen LogP contribution in [0.5, 0.6) is 0 Å². The lowest BCUT2D eigenvalue weighted by molar-refractivity contribution is 0.0730. The van der Waals surface area contributed by atoms with E-state index in [4.69, 9.17) is 4.42 Å². The van der Waals surface area contributed by atoms with Gasteiger partial charge in [-0.1, -0.05) is 6.92 Å². The molecule has 1 aliphatic heterocycles. The van der Waals surface area contributed by atoms with E-state index in [1.165, 1.54) is 0 Å². The molecule has 1 saturated heterocycles. The van der Waals surface area contributed by atoms with Gasteiger partial charge in [0.2, 0.25) is 0 Å². The lowest BCUT2D eigenvalue weighted by Crippen LogP contribution is -2.30. The van der Waals surface area contributed by atoms with Crippen LogP contribution in [0.15, 0.2) is 10.5 Å². The van der Waals surface area contributed by atoms with Gasteiger partial charge in [0, 0.05) is 25.4 Å². The summed E-state index contributed by atoms with van der Waals surface area (Å²) in [6.07, 6.45) is 1.31. The van der Waals surface area contributed by atoms with Gasteiger partial charge in [0.05, 0.1) is 6.10 Å². The van der Waals surface area contributed by atoms with Gasteiger partial charge in [0.15, 0.2) is 5.76 Å². The number of aliphatic hydroxyl groups is 1. The fourth-order valence-corrected chi connectivity index (χ4v) is 2.50. The maximum absolute atomic E-state index is 12.2. The normalized spacial score (nSPS) is 21.3. The Labute approximate surface area is 108 Å². The second-order valence-corrected chi connectivity index (χ2v) is 5.11. The summed E-state index contributed by atoms with van der Waals surface area (Å²) in [5.74, 6) is 1.44. The van der Waals surface area contributed by atoms with Gasteiger partial charge < -0.3 is 14.4 Å². The molecule has 2 rings (SSSR count). The Morgan fingerprint density at radius 1 is 1.67 bits per heavy atom. The lowest BCUT2D eigenvalue weighted by Gasteiger charge is -2.16. The van der Waals surface area contributed by atoms with Crippen LogP contribution < -0.4 is 0 Å². The molecule has 0 aromatic carbocycles. The number of hydrogen-bond donors (Lipinski definition) is 1. The smallest absolute Gasteiger partial charge is 0.289 e. The van der Waals surface area contributed by atoms with Gasteiger partial charge >= 0.3 is 0 Å². The summed E-state index contributed by atoms with van der Waals surface area (Å²) >= 11 is 0. The summed E-state index contributed by atoms with van der Waals surface area (Å²) in [4.78, 5) is 14.0. The number of aryl methyl sites for hydroxylation is 2. The third-order valence-electron chi connectivity index (χ3n) is 3.75. The molecular formula is C14H21NO3. The van der Waals surface area contributed by atoms with E-state index >= 15 is 0 Å². The molecule has 0 saturated carbocycles. The van der Waals surface area contributed by atoms with E-state index in [-0.39, 0.29) is 17.9 Å². The van der Waals surface area contributed by atoms with Gasteiger partial charge in [0.25, 0.3) is 5.91 Å². The Morgan fingerprint density at radius 3 is 2.89 bits per heavy atom. The maximum atomic E-state index is 12.2. The molecule has 0 radical (unpaired) electrons. The Kier molecular flexibility index (Phi) is 3.76. The van der Waals surface area contributed by atoms with Gasteiger partial charge in [-0.2, -0.15) is 0 Å². The molecule has 4 heteroatoms. The Bertz CT molecular complexity index is 436. The molecule has 1 aromatic rings. The largest absolute Gasteiger partial charge is 0.456 e. The number of aliphatic hydroxyl groups excluding tert-OH is 1. The molecule has 2 atom stereocenters. The van der Waals surface area contributed by atoms with E-state index in [2.05, 4.69) is 0 Å². The first-order valence-corrected chi connectivity index (χ1v) is 6.59. The van der Waals surface area contributed by atoms with Gasteiger partial charge in [-0.15, -0.1) is 0 Å². The van der Waals surface area contributed by atoms with Crippen molar-refractivity contribution in [2.75, 3.05) is 13.1 Å². The van der Waals surface area contributed by atoms with E-state index < -0.39 is 0 Å². The third-order valence-corrected chi connectivity index (χ3v) is 3.75. The maximum Gasteiger partial charge on any atom is 0.289 e. The number of rotatable bonds is 3. The highest BCUT2D eigenvalue weighted by Crippen LogP contribution is 2.23. The zero-order chi connectivity index (χ0) is 13.3. The Morgan fingerprint density at radius 2 is 2.39 bits per heavy atom. The molecule has 100 valence electrons. The first-order chi connectivity index (χ1) is 8.52. The van der Waals surface area contributed by atoms with Gasteiger partial charge in [-0.05, 0) is 31.9 Å². The number of likely N-dealkylation sites (tertiary alicyclic amines) is 1. The summed E-state index contributed by atoms with van der Waals surface area (Å²) in [5, 5.41) is 9.55. The van der Waals surface area contributed by atoms with Crippen molar-refractivity contribution in [2.45, 2.75) is 39.7 Å². The van der Waals surface area contributed by atoms with Crippen LogP contribution in [0.4, 0.5) is 0 Å². The van der Waals surface area contributed by atoms with Crippen molar-refractivity contribution in [3.8, 4) is 0 Å². The molecule has 1 aromatic heterocycles. The average Bonchev–Trinajstić information content (AvgIpc) is 2.94. The summed E-state index contributed by atoms with van der Waals surface area (Å²) in [7, 11) is 0. The van der Waals surface area contributed by atoms with Crippen LogP contribution in [0, 0.1) is 12.8 Å². The van der Waals surface area contributed by atoms with Crippen molar-refractivity contribution in [2.24, 2.45) is 5.92 Å². The van der Waals surface area contributed by atoms with Crippen LogP contribution in [0.3, 0.4) is 0 Å². The van der Waals surface area contributed by atoms with E-state index in [0.717, 1.165) is 24.2 Å². The molecule has 1 N–H and O–H groups in total. The summed E-state index contributed by atoms with van der Waals surface area (Å²) < 4.78 is 5.58. The van der Waals surface area contributed by atoms with Crippen molar-refractivity contribution in [3.63, 3.8) is 0 Å². The molecule has 0 bridgehead atoms. The van der Waals surface area contributed by atoms with E-state index in [1.54, 1.807) is 11.8 Å². The van der Waals surface area contributed by atoms with Crippen LogP contribution in [0.25, 0.3) is 0 Å². The van der Waals surface area contributed by atoms with Crippen LogP contribution >= 0.6 is 0 Å². The van der Waals surface area contributed by atoms with E-state index in [0.29, 0.717) is 18.8 Å². The number of carbonyl (C=O) groups is 1. The number of amides is 1. The van der Waals surface area contributed by atoms with Gasteiger partial charge in [-0.25, -0.2) is 0 Å². The molecule has 18 heavy (non-hydrogen) atoms. The second-order valence-electron chi connectivity index (χ2n) is 5.11. The standard InChI is InChI=1S/C14H21NO3/c1-4-12-9(2)7-13(18-12)14(17)15-6-5-11(8-15)10(3)16/h7,10-11,16H,4-6,8H2,1-3H3. The van der Waals surface area contributed by atoms with E-state index in [9.17, 15) is 9.90 Å². The number of furan rings is 1. The van der Waals surface area contributed by atoms with Crippen molar-refractivity contribution in [1.82, 2.24) is 4.90 Å². The average molecular weight is 251 g/mol. The van der Waals surface area contributed by atoms with E-state index in [1.807, 2.05) is 19.9 Å². The van der Waals surface area contributed by atoms with Crippen LogP contribution in [-0.2, 0) is 6.42 Å². The number of carbonyl (C=O) groups excluding carboxylic acids is 1. The molecule has 4 nitrogen and oxygen atoms in total. The first-order valence-electron chi connectivity index (χ1n) is 6.59. The summed E-state index contributed by atoms with van der Waals surface area (Å²) in [5.41, 5.74) is 1.03. The molecule has 0 spiro atoms. The highest BCUT2D eigenvalue weighted by Gasteiger charge is 2.31. The fraction of sp³-hybridized carbons (Fsp3) is 0.643. The quantitative estimate of drug-likeness (QED) is 0.894. The number of hydrogen-bond acceptors (Lipinski definition) is 3. The molecule has 1 fully saturated rings. The van der Waals surface area contributed by atoms with Crippen molar-refractivity contribution < 1.29 is 14.3 Å². The predicted octanol–water partition coefficient (Wildman–Crippen LogP) is 1.99. The highest BCUT2D eigenvalue weighted by atomic mass is 16.4. The zero-order valence-corrected chi connectivity index (χ0v) is 11.3. The molecule has 1 amide bonds. The lowest BCUT2D eigenvalue weighted by atomic mass is 10.0. The summed E-state index contributed by atoms with van der Waals surface area (Å²) in [6, 6.07) is 1.82. The van der Waals surface area contributed by atoms with Crippen LogP contribution in [0.2, 0.25) is 0 Å². The summed E-state index contributed by atoms with van der Waals surface area (Å²) in [6.45, 7) is 7.08. The van der Waals surface area contributed by atoms with Gasteiger partial charge in [-0.3, -0.25) is 4.79 Å². The third kappa shape index (κ3) is 2.43. The Balaban J connectivity index is 2.08. The monoisotopic (exact) mass is 251 g/mol. The van der Waals surface area contributed by atoms with Crippen molar-refractivity contribution >= 4 is 5.91 Å². The first kappa shape index (κ1) is 13.1. The minimum absolute atomic E-state index is 0.0547. The Hall–Kier alpha value is -1.29. The van der Waals surface area contributed by atoms with Crippen molar-refractivity contribution in [3.05, 3.63) is 23.2 Å². The highest BCUT2D eigenvalue weighted by molar-refractivity contribution is 5.92. The molecule has 2 heterocycles. The van der Waals surface area contributed by atoms with Crippen molar-refractivity contribution in [1.29, 1.82) is 0 Å².